The molecule has 0 radical (unpaired) electrons. The Morgan fingerprint density at radius 3 is 2.69 bits per heavy atom. The molecule has 6 heteroatoms. The van der Waals surface area contributed by atoms with Crippen LogP contribution in [0.2, 0.25) is 0 Å². The number of aromatic nitrogens is 2. The van der Waals surface area contributed by atoms with Crippen molar-refractivity contribution in [3.8, 4) is 5.75 Å². The first-order valence-electron chi connectivity index (χ1n) is 5.29. The van der Waals surface area contributed by atoms with Crippen LogP contribution in [0.25, 0.3) is 0 Å². The number of nitrogens with zero attached hydrogens (tertiary/aromatic N) is 2. The zero-order valence-electron chi connectivity index (χ0n) is 8.93. The van der Waals surface area contributed by atoms with E-state index in [1.54, 1.807) is 0 Å². The van der Waals surface area contributed by atoms with Crippen LogP contribution in [0.1, 0.15) is 30.1 Å². The molecule has 2 aliphatic rings. The van der Waals surface area contributed by atoms with Crippen LogP contribution in [0.15, 0.2) is 5.16 Å². The molecule has 1 fully saturated rings. The van der Waals surface area contributed by atoms with Gasteiger partial charge in [0, 0.05) is 18.6 Å². The fraction of sp³-hybridized carbons (Fsp3) is 0.600. The summed E-state index contributed by atoms with van der Waals surface area (Å²) in [7, 11) is -3.33. The molecule has 86 valence electrons. The van der Waals surface area contributed by atoms with Crippen LogP contribution in [0.3, 0.4) is 0 Å². The van der Waals surface area contributed by atoms with Crippen molar-refractivity contribution in [3.63, 3.8) is 0 Å². The lowest BCUT2D eigenvalue weighted by atomic mass is 10.2. The molecule has 0 N–H and O–H groups in total. The van der Waals surface area contributed by atoms with Crippen LogP contribution in [-0.2, 0) is 16.3 Å². The van der Waals surface area contributed by atoms with Gasteiger partial charge in [-0.05, 0) is 12.8 Å². The minimum absolute atomic E-state index is 0.0568. The molecule has 0 unspecified atom stereocenters. The lowest BCUT2D eigenvalue weighted by Crippen LogP contribution is -2.08. The lowest BCUT2D eigenvalue weighted by Gasteiger charge is -2.07. The molecular formula is C10H12N2O3S. The van der Waals surface area contributed by atoms with Crippen molar-refractivity contribution in [1.82, 2.24) is 9.97 Å². The first-order valence-corrected chi connectivity index (χ1v) is 7.18. The summed E-state index contributed by atoms with van der Waals surface area (Å²) in [5.41, 5.74) is 1.54. The second-order valence-corrected chi connectivity index (χ2v) is 6.22. The molecule has 0 aromatic carbocycles. The lowest BCUT2D eigenvalue weighted by molar-refractivity contribution is 0.351. The quantitative estimate of drug-likeness (QED) is 0.711. The topological polar surface area (TPSA) is 69.2 Å². The number of hydrogen-bond donors (Lipinski definition) is 0. The highest BCUT2D eigenvalue weighted by atomic mass is 32.2. The fourth-order valence-corrected chi connectivity index (χ4v) is 2.41. The number of sulfone groups is 1. The largest absolute Gasteiger partial charge is 0.489 e. The number of hydrogen-bond acceptors (Lipinski definition) is 5. The number of rotatable bonds is 2. The molecule has 1 aromatic heterocycles. The normalized spacial score (nSPS) is 19.3. The smallest absolute Gasteiger partial charge is 0.247 e. The Hall–Kier alpha value is -1.17. The Labute approximate surface area is 93.8 Å². The van der Waals surface area contributed by atoms with Crippen molar-refractivity contribution in [1.29, 1.82) is 0 Å². The Kier molecular flexibility index (Phi) is 1.98. The molecule has 1 aliphatic carbocycles. The second-order valence-electron chi connectivity index (χ2n) is 4.31. The summed E-state index contributed by atoms with van der Waals surface area (Å²) in [6.45, 7) is 0.580. The van der Waals surface area contributed by atoms with E-state index in [0.29, 0.717) is 18.9 Å². The van der Waals surface area contributed by atoms with Crippen LogP contribution in [-0.4, -0.2) is 31.2 Å². The first-order chi connectivity index (χ1) is 7.55. The average molecular weight is 240 g/mol. The van der Waals surface area contributed by atoms with E-state index < -0.39 is 9.84 Å². The third-order valence-electron chi connectivity index (χ3n) is 2.82. The predicted octanol–water partition coefficient (Wildman–Crippen LogP) is 0.692. The average Bonchev–Trinajstić information content (AvgIpc) is 2.93. The monoisotopic (exact) mass is 240 g/mol. The second kappa shape index (κ2) is 3.16. The van der Waals surface area contributed by atoms with Crippen LogP contribution < -0.4 is 4.74 Å². The fourth-order valence-electron chi connectivity index (χ4n) is 1.87. The van der Waals surface area contributed by atoms with Gasteiger partial charge < -0.3 is 4.74 Å². The summed E-state index contributed by atoms with van der Waals surface area (Å²) in [6.07, 6.45) is 3.95. The molecule has 0 spiro atoms. The molecule has 0 bridgehead atoms. The van der Waals surface area contributed by atoms with Crippen LogP contribution in [0.4, 0.5) is 0 Å². The zero-order valence-corrected chi connectivity index (χ0v) is 9.75. The highest BCUT2D eigenvalue weighted by Gasteiger charge is 2.34. The number of fused-ring (bicyclic) bond motifs is 1. The molecule has 3 rings (SSSR count). The van der Waals surface area contributed by atoms with Crippen molar-refractivity contribution in [2.24, 2.45) is 0 Å². The van der Waals surface area contributed by atoms with E-state index >= 15 is 0 Å². The molecule has 1 aromatic rings. The Balaban J connectivity index is 2.20. The van der Waals surface area contributed by atoms with Crippen LogP contribution in [0.5, 0.6) is 5.75 Å². The van der Waals surface area contributed by atoms with Crippen molar-refractivity contribution >= 4 is 9.84 Å². The molecule has 0 atom stereocenters. The van der Waals surface area contributed by atoms with Crippen molar-refractivity contribution < 1.29 is 13.2 Å². The van der Waals surface area contributed by atoms with Gasteiger partial charge in [-0.3, -0.25) is 0 Å². The number of ether oxygens (including phenoxy) is 1. The van der Waals surface area contributed by atoms with E-state index in [4.69, 9.17) is 4.74 Å². The van der Waals surface area contributed by atoms with Crippen LogP contribution >= 0.6 is 0 Å². The molecule has 16 heavy (non-hydrogen) atoms. The van der Waals surface area contributed by atoms with E-state index in [0.717, 1.165) is 36.2 Å². The van der Waals surface area contributed by atoms with E-state index in [1.165, 1.54) is 0 Å². The minimum Gasteiger partial charge on any atom is -0.489 e. The van der Waals surface area contributed by atoms with Gasteiger partial charge in [-0.25, -0.2) is 18.4 Å². The van der Waals surface area contributed by atoms with Gasteiger partial charge >= 0.3 is 0 Å². The maximum absolute atomic E-state index is 11.5. The van der Waals surface area contributed by atoms with E-state index in [-0.39, 0.29) is 5.16 Å². The molecular weight excluding hydrogens is 228 g/mol. The van der Waals surface area contributed by atoms with E-state index in [9.17, 15) is 8.42 Å². The summed E-state index contributed by atoms with van der Waals surface area (Å²) in [4.78, 5) is 8.22. The Morgan fingerprint density at radius 1 is 1.31 bits per heavy atom. The Bertz CT molecular complexity index is 549. The summed E-state index contributed by atoms with van der Waals surface area (Å²) in [5, 5.41) is -0.0568. The van der Waals surface area contributed by atoms with Gasteiger partial charge in [-0.1, -0.05) is 0 Å². The maximum Gasteiger partial charge on any atom is 0.247 e. The van der Waals surface area contributed by atoms with Gasteiger partial charge in [0.05, 0.1) is 18.0 Å². The predicted molar refractivity (Wildman–Crippen MR) is 56.3 cm³/mol. The first kappa shape index (κ1) is 10.0. The van der Waals surface area contributed by atoms with Crippen LogP contribution in [0, 0.1) is 0 Å². The molecule has 0 amide bonds. The summed E-state index contributed by atoms with van der Waals surface area (Å²) in [6, 6.07) is 0. The SMILES string of the molecule is CS(=O)(=O)c1nc2c(c(C3CC3)n1)OCC2. The van der Waals surface area contributed by atoms with Crippen molar-refractivity contribution in [3.05, 3.63) is 11.4 Å². The maximum atomic E-state index is 11.5. The standard InChI is InChI=1S/C10H12N2O3S/c1-16(13,14)10-11-7-4-5-15-9(7)8(12-10)6-2-3-6/h6H,2-5H2,1H3. The van der Waals surface area contributed by atoms with Gasteiger partial charge in [-0.2, -0.15) is 0 Å². The van der Waals surface area contributed by atoms with Gasteiger partial charge in [0.25, 0.3) is 0 Å². The molecule has 0 saturated heterocycles. The summed E-state index contributed by atoms with van der Waals surface area (Å²) < 4.78 is 28.4. The van der Waals surface area contributed by atoms with Gasteiger partial charge in [0.1, 0.15) is 0 Å². The summed E-state index contributed by atoms with van der Waals surface area (Å²) >= 11 is 0. The third-order valence-corrected chi connectivity index (χ3v) is 3.67. The molecule has 2 heterocycles. The van der Waals surface area contributed by atoms with E-state index in [2.05, 4.69) is 9.97 Å². The van der Waals surface area contributed by atoms with Gasteiger partial charge in [0.2, 0.25) is 15.0 Å². The molecule has 5 nitrogen and oxygen atoms in total. The third kappa shape index (κ3) is 1.57. The van der Waals surface area contributed by atoms with Crippen molar-refractivity contribution in [2.45, 2.75) is 30.3 Å². The zero-order chi connectivity index (χ0) is 11.3. The van der Waals surface area contributed by atoms with Crippen molar-refractivity contribution in [2.75, 3.05) is 12.9 Å². The minimum atomic E-state index is -3.33. The highest BCUT2D eigenvalue weighted by Crippen LogP contribution is 2.45. The van der Waals surface area contributed by atoms with Gasteiger partial charge in [0.15, 0.2) is 5.75 Å². The molecule has 1 saturated carbocycles. The molecule has 1 aliphatic heterocycles. The highest BCUT2D eigenvalue weighted by molar-refractivity contribution is 7.90. The summed E-state index contributed by atoms with van der Waals surface area (Å²) in [5.74, 6) is 1.10. The van der Waals surface area contributed by atoms with E-state index in [1.807, 2.05) is 0 Å². The van der Waals surface area contributed by atoms with Gasteiger partial charge in [-0.15, -0.1) is 0 Å². The Morgan fingerprint density at radius 2 is 2.06 bits per heavy atom.